The second kappa shape index (κ2) is 12.4. The Labute approximate surface area is 263 Å². The first-order valence-corrected chi connectivity index (χ1v) is 13.2. The summed E-state index contributed by atoms with van der Waals surface area (Å²) in [5.74, 6) is -11.0. The van der Waals surface area contributed by atoms with E-state index in [1.165, 1.54) is 24.3 Å². The van der Waals surface area contributed by atoms with Crippen molar-refractivity contribution in [2.24, 2.45) is 0 Å². The third-order valence-electron chi connectivity index (χ3n) is 6.62. The summed E-state index contributed by atoms with van der Waals surface area (Å²) < 4.78 is 178. The molecule has 3 aromatic carbocycles. The van der Waals surface area contributed by atoms with Crippen LogP contribution < -0.4 is 4.90 Å². The van der Waals surface area contributed by atoms with Crippen LogP contribution in [0.1, 0.15) is 43.0 Å². The second-order valence-electron chi connectivity index (χ2n) is 9.50. The molecule has 0 aliphatic carbocycles. The molecule has 3 aromatic rings. The summed E-state index contributed by atoms with van der Waals surface area (Å²) in [6.45, 7) is 0. The van der Waals surface area contributed by atoms with Gasteiger partial charge in [0.15, 0.2) is 11.6 Å². The monoisotopic (exact) mass is 784 g/mol. The average molecular weight is 784 g/mol. The fraction of sp³-hybridized carbons (Fsp3) is 0.250. The smallest absolute Gasteiger partial charge is 0.309 e. The van der Waals surface area contributed by atoms with Crippen LogP contribution in [0.3, 0.4) is 0 Å². The molecule has 0 spiro atoms. The van der Waals surface area contributed by atoms with Crippen molar-refractivity contribution >= 4 is 40.0 Å². The van der Waals surface area contributed by atoms with E-state index in [1.54, 1.807) is 0 Å². The molecule has 246 valence electrons. The number of hydrogen-bond acceptors (Lipinski definition) is 3. The van der Waals surface area contributed by atoms with E-state index in [1.807, 2.05) is 6.07 Å². The Morgan fingerprint density at radius 2 is 1.41 bits per heavy atom. The van der Waals surface area contributed by atoms with Crippen LogP contribution >= 0.6 is 22.6 Å². The van der Waals surface area contributed by atoms with Crippen molar-refractivity contribution in [1.82, 2.24) is 0 Å². The lowest BCUT2D eigenvalue weighted by molar-refractivity contribution is -0.389. The highest BCUT2D eigenvalue weighted by molar-refractivity contribution is 14.1. The number of rotatable bonds is 7. The first-order chi connectivity index (χ1) is 20.9. The van der Waals surface area contributed by atoms with Crippen LogP contribution in [-0.4, -0.2) is 37.0 Å². The maximum absolute atomic E-state index is 15.5. The quantitative estimate of drug-likeness (QED) is 0.137. The zero-order valence-electron chi connectivity index (χ0n) is 22.4. The van der Waals surface area contributed by atoms with Gasteiger partial charge < -0.3 is 4.90 Å². The highest BCUT2D eigenvalue weighted by Gasteiger charge is 2.82. The lowest BCUT2D eigenvalue weighted by atomic mass is 9.85. The number of hydrogen-bond donors (Lipinski definition) is 0. The number of alkyl halides is 12. The van der Waals surface area contributed by atoms with Crippen LogP contribution in [0.4, 0.5) is 62.8 Å². The number of Topliss-reactive ketones (excluding diaryl/α,β-unsaturated/α-hetero) is 1. The normalized spacial score (nSPS) is 14.0. The van der Waals surface area contributed by atoms with Crippen LogP contribution in [0.5, 0.6) is 0 Å². The van der Waals surface area contributed by atoms with Gasteiger partial charge in [0.1, 0.15) is 0 Å². The molecule has 0 heterocycles. The molecule has 0 bridgehead atoms. The van der Waals surface area contributed by atoms with Gasteiger partial charge in [0.2, 0.25) is 0 Å². The average Bonchev–Trinajstić information content (AvgIpc) is 2.95. The number of benzene rings is 3. The van der Waals surface area contributed by atoms with Crippen LogP contribution in [-0.2, 0) is 18.3 Å². The van der Waals surface area contributed by atoms with Gasteiger partial charge in [-0.2, -0.15) is 53.6 Å². The van der Waals surface area contributed by atoms with Gasteiger partial charge in [0, 0.05) is 28.2 Å². The summed E-state index contributed by atoms with van der Waals surface area (Å²) in [6, 6.07) is 8.35. The zero-order valence-corrected chi connectivity index (χ0v) is 24.6. The van der Waals surface area contributed by atoms with Gasteiger partial charge in [-0.25, -0.2) is 8.78 Å². The highest BCUT2D eigenvalue weighted by Crippen LogP contribution is 2.59. The van der Waals surface area contributed by atoms with E-state index in [-0.39, 0.29) is 17.2 Å². The summed E-state index contributed by atoms with van der Waals surface area (Å²) in [4.78, 5) is 26.5. The number of carbonyl (C=O) groups excluding carboxylic acids is 2. The van der Waals surface area contributed by atoms with E-state index < -0.39 is 91.6 Å². The molecule has 0 N–H and O–H groups in total. The minimum atomic E-state index is -7.26. The molecule has 1 amide bonds. The summed E-state index contributed by atoms with van der Waals surface area (Å²) in [6.07, 6.45) is -21.6. The molecule has 3 rings (SSSR count). The van der Waals surface area contributed by atoms with Crippen LogP contribution in [0.25, 0.3) is 0 Å². The molecule has 4 nitrogen and oxygen atoms in total. The third kappa shape index (κ3) is 6.51. The fourth-order valence-electron chi connectivity index (χ4n) is 4.23. The number of nitrogens with zero attached hydrogens (tertiary/aromatic N) is 2. The largest absolute Gasteiger partial charge is 0.457 e. The Morgan fingerprint density at radius 1 is 0.848 bits per heavy atom. The fourth-order valence-corrected chi connectivity index (χ4v) is 5.04. The van der Waals surface area contributed by atoms with Crippen molar-refractivity contribution in [2.45, 2.75) is 36.5 Å². The first-order valence-electron chi connectivity index (χ1n) is 12.1. The van der Waals surface area contributed by atoms with Gasteiger partial charge in [-0.05, 0) is 76.7 Å². The molecule has 0 aliphatic heterocycles. The van der Waals surface area contributed by atoms with Gasteiger partial charge in [-0.1, -0.05) is 6.07 Å². The third-order valence-corrected chi connectivity index (χ3v) is 7.58. The SMILES string of the molecule is CN(C(=O)c1ccc(C#N)cc1)c1cccc(C(=O)Cc2c(I)cc(C(F)(C(F)(F)F)C(F)(F)C(F)(F)F)cc2C(F)(F)F)c1F. The first kappa shape index (κ1) is 36.6. The Morgan fingerprint density at radius 3 is 1.89 bits per heavy atom. The molecule has 0 saturated carbocycles. The molecule has 0 saturated heterocycles. The number of carbonyl (C=O) groups is 2. The van der Waals surface area contributed by atoms with E-state index >= 15 is 4.39 Å². The second-order valence-corrected chi connectivity index (χ2v) is 10.7. The molecule has 46 heavy (non-hydrogen) atoms. The Bertz CT molecular complexity index is 1710. The lowest BCUT2D eigenvalue weighted by Gasteiger charge is -2.36. The Balaban J connectivity index is 2.11. The number of amides is 1. The maximum Gasteiger partial charge on any atom is 0.457 e. The minimum Gasteiger partial charge on any atom is -0.309 e. The molecule has 0 aliphatic rings. The summed E-state index contributed by atoms with van der Waals surface area (Å²) in [7, 11) is 1.07. The van der Waals surface area contributed by atoms with Gasteiger partial charge in [-0.3, -0.25) is 9.59 Å². The highest BCUT2D eigenvalue weighted by atomic mass is 127. The van der Waals surface area contributed by atoms with Crippen molar-refractivity contribution in [1.29, 1.82) is 5.26 Å². The summed E-state index contributed by atoms with van der Waals surface area (Å²) in [5.41, 5.74) is -14.4. The molecule has 0 aromatic heterocycles. The Kier molecular flexibility index (Phi) is 9.84. The van der Waals surface area contributed by atoms with Gasteiger partial charge in [0.25, 0.3) is 5.91 Å². The number of anilines is 1. The number of nitriles is 1. The van der Waals surface area contributed by atoms with Crippen molar-refractivity contribution in [3.8, 4) is 6.07 Å². The lowest BCUT2D eigenvalue weighted by Crippen LogP contribution is -2.59. The molecular weight excluding hydrogens is 770 g/mol. The van der Waals surface area contributed by atoms with Crippen molar-refractivity contribution in [3.05, 3.63) is 97.4 Å². The van der Waals surface area contributed by atoms with E-state index in [4.69, 9.17) is 5.26 Å². The molecule has 1 unspecified atom stereocenters. The van der Waals surface area contributed by atoms with Crippen molar-refractivity contribution in [3.63, 3.8) is 0 Å². The van der Waals surface area contributed by atoms with E-state index in [0.717, 1.165) is 47.8 Å². The number of halogens is 14. The van der Waals surface area contributed by atoms with Crippen LogP contribution in [0.15, 0.2) is 54.6 Å². The molecule has 18 heteroatoms. The van der Waals surface area contributed by atoms with Crippen molar-refractivity contribution in [2.75, 3.05) is 11.9 Å². The predicted octanol–water partition coefficient (Wildman–Crippen LogP) is 8.95. The number of ketones is 1. The topological polar surface area (TPSA) is 61.2 Å². The van der Waals surface area contributed by atoms with Gasteiger partial charge >= 0.3 is 30.1 Å². The van der Waals surface area contributed by atoms with E-state index in [2.05, 4.69) is 0 Å². The minimum absolute atomic E-state index is 0.0408. The van der Waals surface area contributed by atoms with Gasteiger partial charge in [-0.15, -0.1) is 0 Å². The van der Waals surface area contributed by atoms with Crippen LogP contribution in [0, 0.1) is 20.7 Å². The van der Waals surface area contributed by atoms with Crippen LogP contribution in [0.2, 0.25) is 0 Å². The summed E-state index contributed by atoms with van der Waals surface area (Å²) >= 11 is 0.789. The molecular formula is C28H14F13IN2O2. The molecule has 1 atom stereocenters. The maximum atomic E-state index is 15.5. The molecule has 0 fully saturated rings. The van der Waals surface area contributed by atoms with E-state index in [9.17, 15) is 62.3 Å². The Hall–Kier alpha value is -3.89. The van der Waals surface area contributed by atoms with E-state index in [0.29, 0.717) is 4.90 Å². The molecule has 0 radical (unpaired) electrons. The zero-order chi connectivity index (χ0) is 35.2. The van der Waals surface area contributed by atoms with Gasteiger partial charge in [0.05, 0.1) is 28.4 Å². The predicted molar refractivity (Wildman–Crippen MR) is 142 cm³/mol. The summed E-state index contributed by atoms with van der Waals surface area (Å²) in [5, 5.41) is 8.88. The standard InChI is InChI=1S/C28H14F13IN2O2/c1-44(23(46)14-7-5-13(12-43)6-8-14)20-4-2-3-16(22(20)29)21(45)11-17-18(25(31,32)33)9-15(10-19(17)42)24(30,27(36,37)38)26(34,35)28(39,40)41/h2-10H,11H2,1H3. The van der Waals surface area contributed by atoms with Crippen molar-refractivity contribution < 1.29 is 66.7 Å².